The van der Waals surface area contributed by atoms with Gasteiger partial charge in [-0.2, -0.15) is 0 Å². The van der Waals surface area contributed by atoms with E-state index in [0.717, 1.165) is 29.7 Å². The molecular weight excluding hydrogens is 242 g/mol. The number of nitrogens with one attached hydrogen (secondary N) is 1. The summed E-state index contributed by atoms with van der Waals surface area (Å²) in [6.45, 7) is 3.93. The lowest BCUT2D eigenvalue weighted by Gasteiger charge is -2.36. The number of aliphatic carboxylic acids is 1. The van der Waals surface area contributed by atoms with Crippen LogP contribution in [0.1, 0.15) is 37.3 Å². The molecule has 102 valence electrons. The van der Waals surface area contributed by atoms with Crippen LogP contribution in [0.15, 0.2) is 18.2 Å². The van der Waals surface area contributed by atoms with Crippen LogP contribution in [0.2, 0.25) is 0 Å². The Kier molecular flexibility index (Phi) is 3.60. The molecule has 1 amide bonds. The van der Waals surface area contributed by atoms with Gasteiger partial charge in [-0.3, -0.25) is 9.59 Å². The van der Waals surface area contributed by atoms with Gasteiger partial charge in [-0.05, 0) is 37.3 Å². The van der Waals surface area contributed by atoms with Crippen molar-refractivity contribution in [1.29, 1.82) is 0 Å². The van der Waals surface area contributed by atoms with E-state index < -0.39 is 11.4 Å². The molecule has 4 nitrogen and oxygen atoms in total. The van der Waals surface area contributed by atoms with Crippen molar-refractivity contribution in [2.45, 2.75) is 39.5 Å². The summed E-state index contributed by atoms with van der Waals surface area (Å²) >= 11 is 0. The third-order valence-electron chi connectivity index (χ3n) is 4.03. The molecule has 1 aromatic rings. The minimum Gasteiger partial charge on any atom is -0.480 e. The monoisotopic (exact) mass is 261 g/mol. The van der Waals surface area contributed by atoms with E-state index >= 15 is 0 Å². The zero-order valence-electron chi connectivity index (χ0n) is 11.3. The van der Waals surface area contributed by atoms with Gasteiger partial charge in [0.25, 0.3) is 0 Å². The van der Waals surface area contributed by atoms with Gasteiger partial charge in [0.15, 0.2) is 0 Å². The standard InChI is InChI=1S/C15H19NO3/c1-3-11-7-4-6-10(2)12(11)16-13(17)15(14(18)19)8-5-9-15/h4,6-7H,3,5,8-9H2,1-2H3,(H,16,17)(H,18,19). The predicted octanol–water partition coefficient (Wildman–Crippen LogP) is 2.75. The Morgan fingerprint density at radius 1 is 1.37 bits per heavy atom. The number of amides is 1. The number of anilines is 1. The molecule has 0 radical (unpaired) electrons. The summed E-state index contributed by atoms with van der Waals surface area (Å²) in [5.41, 5.74) is 1.55. The van der Waals surface area contributed by atoms with Crippen LogP contribution < -0.4 is 5.32 Å². The summed E-state index contributed by atoms with van der Waals surface area (Å²) in [5, 5.41) is 12.1. The van der Waals surface area contributed by atoms with Crippen molar-refractivity contribution in [3.63, 3.8) is 0 Å². The molecule has 19 heavy (non-hydrogen) atoms. The van der Waals surface area contributed by atoms with Crippen molar-refractivity contribution in [1.82, 2.24) is 0 Å². The van der Waals surface area contributed by atoms with Crippen molar-refractivity contribution in [3.8, 4) is 0 Å². The fourth-order valence-corrected chi connectivity index (χ4v) is 2.50. The number of rotatable bonds is 4. The first-order valence-corrected chi connectivity index (χ1v) is 6.64. The highest BCUT2D eigenvalue weighted by molar-refractivity contribution is 6.09. The van der Waals surface area contributed by atoms with Crippen molar-refractivity contribution < 1.29 is 14.7 Å². The van der Waals surface area contributed by atoms with Crippen molar-refractivity contribution in [2.24, 2.45) is 5.41 Å². The van der Waals surface area contributed by atoms with E-state index in [1.807, 2.05) is 32.0 Å². The normalized spacial score (nSPS) is 16.5. The van der Waals surface area contributed by atoms with Crippen LogP contribution in [0.3, 0.4) is 0 Å². The first-order chi connectivity index (χ1) is 9.01. The molecule has 0 unspecified atom stereocenters. The van der Waals surface area contributed by atoms with Crippen molar-refractivity contribution in [2.75, 3.05) is 5.32 Å². The molecule has 4 heteroatoms. The van der Waals surface area contributed by atoms with Crippen LogP contribution in [0.4, 0.5) is 5.69 Å². The fraction of sp³-hybridized carbons (Fsp3) is 0.467. The third-order valence-corrected chi connectivity index (χ3v) is 4.03. The lowest BCUT2D eigenvalue weighted by atomic mass is 9.68. The number of hydrogen-bond acceptors (Lipinski definition) is 2. The van der Waals surface area contributed by atoms with Gasteiger partial charge in [0.05, 0.1) is 0 Å². The summed E-state index contributed by atoms with van der Waals surface area (Å²) in [6, 6.07) is 5.82. The molecule has 2 N–H and O–H groups in total. The third kappa shape index (κ3) is 2.23. The predicted molar refractivity (Wildman–Crippen MR) is 73.1 cm³/mol. The lowest BCUT2D eigenvalue weighted by Crippen LogP contribution is -2.48. The molecular formula is C15H19NO3. The number of para-hydroxylation sites is 1. The molecule has 1 aliphatic carbocycles. The lowest BCUT2D eigenvalue weighted by molar-refractivity contribution is -0.159. The average Bonchev–Trinajstić information content (AvgIpc) is 2.29. The molecule has 1 aromatic carbocycles. The van der Waals surface area contributed by atoms with Crippen molar-refractivity contribution >= 4 is 17.6 Å². The molecule has 0 aliphatic heterocycles. The number of hydrogen-bond donors (Lipinski definition) is 2. The summed E-state index contributed by atoms with van der Waals surface area (Å²) in [4.78, 5) is 23.6. The van der Waals surface area contributed by atoms with Gasteiger partial charge in [0, 0.05) is 5.69 Å². The van der Waals surface area contributed by atoms with E-state index in [-0.39, 0.29) is 5.91 Å². The Labute approximate surface area is 112 Å². The number of carboxylic acid groups (broad SMARTS) is 1. The second kappa shape index (κ2) is 5.03. The Hall–Kier alpha value is -1.84. The molecule has 1 aliphatic rings. The fourth-order valence-electron chi connectivity index (χ4n) is 2.50. The largest absolute Gasteiger partial charge is 0.480 e. The average molecular weight is 261 g/mol. The first-order valence-electron chi connectivity index (χ1n) is 6.64. The van der Waals surface area contributed by atoms with Crippen LogP contribution >= 0.6 is 0 Å². The van der Waals surface area contributed by atoms with E-state index in [4.69, 9.17) is 0 Å². The summed E-state index contributed by atoms with van der Waals surface area (Å²) < 4.78 is 0. The molecule has 2 rings (SSSR count). The van der Waals surface area contributed by atoms with Gasteiger partial charge in [0.1, 0.15) is 5.41 Å². The number of carbonyl (C=O) groups is 2. The van der Waals surface area contributed by atoms with Crippen LogP contribution in [0, 0.1) is 12.3 Å². The van der Waals surface area contributed by atoms with E-state index in [2.05, 4.69) is 5.32 Å². The molecule has 1 fully saturated rings. The quantitative estimate of drug-likeness (QED) is 0.819. The van der Waals surface area contributed by atoms with Crippen LogP contribution in [0.25, 0.3) is 0 Å². The highest BCUT2D eigenvalue weighted by atomic mass is 16.4. The highest BCUT2D eigenvalue weighted by Gasteiger charge is 2.51. The maximum atomic E-state index is 12.3. The molecule has 0 aromatic heterocycles. The number of carbonyl (C=O) groups excluding carboxylic acids is 1. The Bertz CT molecular complexity index is 518. The number of benzene rings is 1. The molecule has 1 saturated carbocycles. The summed E-state index contributed by atoms with van der Waals surface area (Å²) in [6.07, 6.45) is 2.47. The second-order valence-corrected chi connectivity index (χ2v) is 5.16. The van der Waals surface area contributed by atoms with Gasteiger partial charge < -0.3 is 10.4 Å². The van der Waals surface area contributed by atoms with E-state index in [9.17, 15) is 14.7 Å². The Balaban J connectivity index is 2.27. The van der Waals surface area contributed by atoms with Crippen LogP contribution in [0.5, 0.6) is 0 Å². The van der Waals surface area contributed by atoms with E-state index in [0.29, 0.717) is 12.8 Å². The zero-order valence-corrected chi connectivity index (χ0v) is 11.3. The molecule has 0 heterocycles. The minimum atomic E-state index is -1.21. The SMILES string of the molecule is CCc1cccc(C)c1NC(=O)C1(C(=O)O)CCC1. The summed E-state index contributed by atoms with van der Waals surface area (Å²) in [5.74, 6) is -1.39. The molecule has 0 spiro atoms. The number of carboxylic acids is 1. The van der Waals surface area contributed by atoms with Gasteiger partial charge in [-0.15, -0.1) is 0 Å². The van der Waals surface area contributed by atoms with E-state index in [1.165, 1.54) is 0 Å². The maximum Gasteiger partial charge on any atom is 0.319 e. The summed E-state index contributed by atoms with van der Waals surface area (Å²) in [7, 11) is 0. The van der Waals surface area contributed by atoms with E-state index in [1.54, 1.807) is 0 Å². The van der Waals surface area contributed by atoms with Crippen LogP contribution in [-0.4, -0.2) is 17.0 Å². The smallest absolute Gasteiger partial charge is 0.319 e. The molecule has 0 atom stereocenters. The first kappa shape index (κ1) is 13.6. The second-order valence-electron chi connectivity index (χ2n) is 5.16. The van der Waals surface area contributed by atoms with Gasteiger partial charge in [-0.25, -0.2) is 0 Å². The zero-order chi connectivity index (χ0) is 14.0. The highest BCUT2D eigenvalue weighted by Crippen LogP contribution is 2.42. The maximum absolute atomic E-state index is 12.3. The molecule has 0 saturated heterocycles. The minimum absolute atomic E-state index is 0.379. The topological polar surface area (TPSA) is 66.4 Å². The van der Waals surface area contributed by atoms with Crippen molar-refractivity contribution in [3.05, 3.63) is 29.3 Å². The van der Waals surface area contributed by atoms with Gasteiger partial charge >= 0.3 is 5.97 Å². The molecule has 0 bridgehead atoms. The van der Waals surface area contributed by atoms with Gasteiger partial charge in [-0.1, -0.05) is 31.5 Å². The number of aryl methyl sites for hydroxylation is 2. The Morgan fingerprint density at radius 3 is 2.53 bits per heavy atom. The Morgan fingerprint density at radius 2 is 2.05 bits per heavy atom. The van der Waals surface area contributed by atoms with Gasteiger partial charge in [0.2, 0.25) is 5.91 Å². The van der Waals surface area contributed by atoms with Crippen LogP contribution in [-0.2, 0) is 16.0 Å².